The van der Waals surface area contributed by atoms with Gasteiger partial charge >= 0.3 is 0 Å². The molecule has 0 radical (unpaired) electrons. The van der Waals surface area contributed by atoms with Crippen LogP contribution in [0.5, 0.6) is 17.2 Å². The maximum atomic E-state index is 12.5. The Morgan fingerprint density at radius 3 is 2.43 bits per heavy atom. The molecule has 0 atom stereocenters. The van der Waals surface area contributed by atoms with E-state index in [1.54, 1.807) is 57.7 Å². The number of carbonyl (C=O) groups excluding carboxylic acids is 1. The molecule has 0 fully saturated rings. The van der Waals surface area contributed by atoms with Gasteiger partial charge in [0.25, 0.3) is 5.91 Å². The van der Waals surface area contributed by atoms with Crippen molar-refractivity contribution in [1.29, 1.82) is 0 Å². The van der Waals surface area contributed by atoms with Crippen LogP contribution in [0.3, 0.4) is 0 Å². The second-order valence-electron chi connectivity index (χ2n) is 5.46. The molecule has 0 aliphatic rings. The third-order valence-corrected chi connectivity index (χ3v) is 4.44. The van der Waals surface area contributed by atoms with Crippen LogP contribution in [0, 0.1) is 0 Å². The Balaban J connectivity index is 2.02. The first-order valence-electron chi connectivity index (χ1n) is 8.24. The van der Waals surface area contributed by atoms with Crippen LogP contribution in [0.1, 0.15) is 10.4 Å². The standard InChI is InChI=1S/C19H21BrN2O5S/c1-24-8-9-27-16-6-4-12(10-14(16)20)18(23)22-19(28)21-15-11-13(25-2)5-7-17(15)26-3/h4-7,10-11H,8-9H2,1-3H3,(H2,21,22,23,28). The van der Waals surface area contributed by atoms with Gasteiger partial charge in [0, 0.05) is 18.7 Å². The fourth-order valence-corrected chi connectivity index (χ4v) is 2.93. The number of halogens is 1. The third-order valence-electron chi connectivity index (χ3n) is 3.62. The van der Waals surface area contributed by atoms with Gasteiger partial charge in [-0.3, -0.25) is 10.1 Å². The third kappa shape index (κ3) is 6.08. The predicted octanol–water partition coefficient (Wildman–Crippen LogP) is 3.62. The summed E-state index contributed by atoms with van der Waals surface area (Å²) in [5.41, 5.74) is 1.00. The Bertz CT molecular complexity index is 847. The number of carbonyl (C=O) groups is 1. The van der Waals surface area contributed by atoms with Gasteiger partial charge in [0.05, 0.1) is 31.0 Å². The van der Waals surface area contributed by atoms with Crippen LogP contribution < -0.4 is 24.8 Å². The van der Waals surface area contributed by atoms with E-state index in [0.717, 1.165) is 0 Å². The molecule has 0 saturated carbocycles. The minimum atomic E-state index is -0.358. The largest absolute Gasteiger partial charge is 0.497 e. The van der Waals surface area contributed by atoms with Gasteiger partial charge in [-0.25, -0.2) is 0 Å². The second-order valence-corrected chi connectivity index (χ2v) is 6.72. The lowest BCUT2D eigenvalue weighted by Crippen LogP contribution is -2.34. The van der Waals surface area contributed by atoms with E-state index in [0.29, 0.717) is 46.2 Å². The van der Waals surface area contributed by atoms with Crippen molar-refractivity contribution in [2.45, 2.75) is 0 Å². The number of thiocarbonyl (C=S) groups is 1. The number of hydrogen-bond donors (Lipinski definition) is 2. The fourth-order valence-electron chi connectivity index (χ4n) is 2.23. The van der Waals surface area contributed by atoms with Gasteiger partial charge in [-0.05, 0) is 58.5 Å². The molecule has 7 nitrogen and oxygen atoms in total. The molecule has 150 valence electrons. The Hall–Kier alpha value is -2.36. The molecule has 28 heavy (non-hydrogen) atoms. The first kappa shape index (κ1) is 21.9. The van der Waals surface area contributed by atoms with Crippen molar-refractivity contribution in [2.24, 2.45) is 0 Å². The van der Waals surface area contributed by atoms with E-state index in [1.165, 1.54) is 0 Å². The maximum Gasteiger partial charge on any atom is 0.257 e. The average Bonchev–Trinajstić information content (AvgIpc) is 2.69. The van der Waals surface area contributed by atoms with Crippen molar-refractivity contribution in [3.8, 4) is 17.2 Å². The summed E-state index contributed by atoms with van der Waals surface area (Å²) in [6.45, 7) is 0.888. The number of hydrogen-bond acceptors (Lipinski definition) is 6. The number of amides is 1. The topological polar surface area (TPSA) is 78.1 Å². The molecule has 0 aliphatic heterocycles. The number of nitrogens with one attached hydrogen (secondary N) is 2. The highest BCUT2D eigenvalue weighted by molar-refractivity contribution is 9.10. The lowest BCUT2D eigenvalue weighted by Gasteiger charge is -2.14. The van der Waals surface area contributed by atoms with Crippen LogP contribution in [0.2, 0.25) is 0 Å². The molecule has 9 heteroatoms. The van der Waals surface area contributed by atoms with Gasteiger partial charge in [-0.2, -0.15) is 0 Å². The molecule has 2 N–H and O–H groups in total. The minimum Gasteiger partial charge on any atom is -0.497 e. The Morgan fingerprint density at radius 1 is 1.04 bits per heavy atom. The lowest BCUT2D eigenvalue weighted by atomic mass is 10.2. The number of benzene rings is 2. The van der Waals surface area contributed by atoms with Crippen LogP contribution in [-0.4, -0.2) is 45.6 Å². The Kier molecular flexibility index (Phi) is 8.49. The molecule has 0 aliphatic carbocycles. The summed E-state index contributed by atoms with van der Waals surface area (Å²) < 4.78 is 21.6. The molecular formula is C19H21BrN2O5S. The number of methoxy groups -OCH3 is 3. The van der Waals surface area contributed by atoms with E-state index >= 15 is 0 Å². The van der Waals surface area contributed by atoms with E-state index in [-0.39, 0.29) is 11.0 Å². The van der Waals surface area contributed by atoms with E-state index in [1.807, 2.05) is 0 Å². The Labute approximate surface area is 177 Å². The molecule has 1 amide bonds. The van der Waals surface area contributed by atoms with Crippen LogP contribution in [0.25, 0.3) is 0 Å². The summed E-state index contributed by atoms with van der Waals surface area (Å²) in [5.74, 6) is 1.46. The minimum absolute atomic E-state index is 0.132. The summed E-state index contributed by atoms with van der Waals surface area (Å²) in [6, 6.07) is 10.2. The van der Waals surface area contributed by atoms with Crippen molar-refractivity contribution in [3.05, 3.63) is 46.4 Å². The first-order valence-corrected chi connectivity index (χ1v) is 9.44. The van der Waals surface area contributed by atoms with Gasteiger partial charge in [0.15, 0.2) is 5.11 Å². The maximum absolute atomic E-state index is 12.5. The molecule has 0 aromatic heterocycles. The molecule has 0 unspecified atom stereocenters. The van der Waals surface area contributed by atoms with Crippen LogP contribution >= 0.6 is 28.1 Å². The number of ether oxygens (including phenoxy) is 4. The lowest BCUT2D eigenvalue weighted by molar-refractivity contribution is 0.0977. The predicted molar refractivity (Wildman–Crippen MR) is 115 cm³/mol. The Morgan fingerprint density at radius 2 is 1.79 bits per heavy atom. The van der Waals surface area contributed by atoms with Gasteiger partial charge in [0.2, 0.25) is 0 Å². The van der Waals surface area contributed by atoms with E-state index in [4.69, 9.17) is 31.2 Å². The van der Waals surface area contributed by atoms with Gasteiger partial charge < -0.3 is 24.3 Å². The van der Waals surface area contributed by atoms with Gasteiger partial charge in [-0.1, -0.05) is 0 Å². The van der Waals surface area contributed by atoms with Gasteiger partial charge in [-0.15, -0.1) is 0 Å². The zero-order valence-corrected chi connectivity index (χ0v) is 18.1. The van der Waals surface area contributed by atoms with Crippen LogP contribution in [0.4, 0.5) is 5.69 Å². The van der Waals surface area contributed by atoms with Crippen molar-refractivity contribution in [2.75, 3.05) is 39.9 Å². The fraction of sp³-hybridized carbons (Fsp3) is 0.263. The molecule has 0 bridgehead atoms. The molecule has 2 aromatic rings. The van der Waals surface area contributed by atoms with Crippen LogP contribution in [0.15, 0.2) is 40.9 Å². The average molecular weight is 469 g/mol. The molecule has 0 saturated heterocycles. The van der Waals surface area contributed by atoms with E-state index in [9.17, 15) is 4.79 Å². The number of rotatable bonds is 8. The summed E-state index contributed by atoms with van der Waals surface area (Å²) in [6.07, 6.45) is 0. The summed E-state index contributed by atoms with van der Waals surface area (Å²) in [5, 5.41) is 5.71. The quantitative estimate of drug-likeness (QED) is 0.452. The molecule has 2 aromatic carbocycles. The molecule has 2 rings (SSSR count). The normalized spacial score (nSPS) is 10.1. The summed E-state index contributed by atoms with van der Waals surface area (Å²) in [4.78, 5) is 12.5. The monoisotopic (exact) mass is 468 g/mol. The van der Waals surface area contributed by atoms with Crippen molar-refractivity contribution >= 4 is 44.9 Å². The molecular weight excluding hydrogens is 448 g/mol. The van der Waals surface area contributed by atoms with Crippen LogP contribution in [-0.2, 0) is 4.74 Å². The van der Waals surface area contributed by atoms with Crippen molar-refractivity contribution < 1.29 is 23.7 Å². The van der Waals surface area contributed by atoms with Crippen molar-refractivity contribution in [3.63, 3.8) is 0 Å². The number of anilines is 1. The zero-order valence-electron chi connectivity index (χ0n) is 15.7. The highest BCUT2D eigenvalue weighted by Crippen LogP contribution is 2.29. The smallest absolute Gasteiger partial charge is 0.257 e. The van der Waals surface area contributed by atoms with Gasteiger partial charge in [0.1, 0.15) is 23.9 Å². The molecule has 0 spiro atoms. The molecule has 0 heterocycles. The highest BCUT2D eigenvalue weighted by Gasteiger charge is 2.13. The van der Waals surface area contributed by atoms with E-state index in [2.05, 4.69) is 26.6 Å². The van der Waals surface area contributed by atoms with Crippen molar-refractivity contribution in [1.82, 2.24) is 5.32 Å². The zero-order chi connectivity index (χ0) is 20.5. The summed E-state index contributed by atoms with van der Waals surface area (Å²) >= 11 is 8.64. The highest BCUT2D eigenvalue weighted by atomic mass is 79.9. The second kappa shape index (κ2) is 10.8. The first-order chi connectivity index (χ1) is 13.5. The SMILES string of the molecule is COCCOc1ccc(C(=O)NC(=S)Nc2cc(OC)ccc2OC)cc1Br. The summed E-state index contributed by atoms with van der Waals surface area (Å²) in [7, 11) is 4.71. The van der Waals surface area contributed by atoms with E-state index < -0.39 is 0 Å².